The van der Waals surface area contributed by atoms with Gasteiger partial charge in [0.05, 0.1) is 17.1 Å². The summed E-state index contributed by atoms with van der Waals surface area (Å²) in [7, 11) is 0. The van der Waals surface area contributed by atoms with Gasteiger partial charge in [0.15, 0.2) is 0 Å². The normalized spacial score (nSPS) is 11.2. The Morgan fingerprint density at radius 1 is 0.222 bits per heavy atom. The average molecular weight is 942 g/mol. The number of nitrogens with zero attached hydrogens (tertiary/aromatic N) is 3. The molecule has 12 aromatic rings. The van der Waals surface area contributed by atoms with Crippen LogP contribution in [-0.4, -0.2) is 0 Å². The van der Waals surface area contributed by atoms with Gasteiger partial charge in [-0.05, 0) is 174 Å². The predicted molar refractivity (Wildman–Crippen MR) is 309 cm³/mol. The molecule has 0 bridgehead atoms. The Morgan fingerprint density at radius 3 is 0.931 bits per heavy atom. The van der Waals surface area contributed by atoms with Gasteiger partial charge >= 0.3 is 0 Å². The number of thiophene rings is 1. The monoisotopic (exact) mass is 941 g/mol. The molecule has 344 valence electrons. The Kier molecular flexibility index (Phi) is 12.0. The maximum absolute atomic E-state index is 2.41. The summed E-state index contributed by atoms with van der Waals surface area (Å²) in [5.74, 6) is 0. The number of rotatable bonds is 12. The Labute approximate surface area is 426 Å². The van der Waals surface area contributed by atoms with Crippen molar-refractivity contribution in [3.05, 3.63) is 284 Å². The summed E-state index contributed by atoms with van der Waals surface area (Å²) in [5.41, 5.74) is 19.0. The van der Waals surface area contributed by atoms with Crippen molar-refractivity contribution in [2.45, 2.75) is 13.8 Å². The quantitative estimate of drug-likeness (QED) is 0.121. The van der Waals surface area contributed by atoms with Crippen LogP contribution in [0.4, 0.5) is 51.2 Å². The summed E-state index contributed by atoms with van der Waals surface area (Å²) in [6.45, 7) is 4.33. The van der Waals surface area contributed by atoms with Crippen molar-refractivity contribution in [1.82, 2.24) is 0 Å². The minimum Gasteiger partial charge on any atom is -0.310 e. The second-order valence-corrected chi connectivity index (χ2v) is 19.5. The van der Waals surface area contributed by atoms with E-state index in [1.807, 2.05) is 11.3 Å². The third-order valence-electron chi connectivity index (χ3n) is 13.5. The highest BCUT2D eigenvalue weighted by Gasteiger charge is 2.23. The average Bonchev–Trinajstić information content (AvgIpc) is 3.80. The van der Waals surface area contributed by atoms with Gasteiger partial charge in [0.2, 0.25) is 0 Å². The molecule has 0 unspecified atom stereocenters. The van der Waals surface area contributed by atoms with Crippen molar-refractivity contribution >= 4 is 82.7 Å². The van der Waals surface area contributed by atoms with Crippen LogP contribution in [0.1, 0.15) is 11.1 Å². The molecule has 0 saturated heterocycles. The van der Waals surface area contributed by atoms with Crippen molar-refractivity contribution in [1.29, 1.82) is 0 Å². The lowest BCUT2D eigenvalue weighted by Gasteiger charge is -2.33. The molecule has 0 atom stereocenters. The van der Waals surface area contributed by atoms with E-state index in [1.54, 1.807) is 0 Å². The fourth-order valence-electron chi connectivity index (χ4n) is 10.0. The van der Waals surface area contributed by atoms with E-state index in [1.165, 1.54) is 59.1 Å². The van der Waals surface area contributed by atoms with E-state index < -0.39 is 0 Å². The van der Waals surface area contributed by atoms with Crippen LogP contribution in [0.25, 0.3) is 53.6 Å². The maximum Gasteiger partial charge on any atom is 0.0503 e. The predicted octanol–water partition coefficient (Wildman–Crippen LogP) is 20.1. The molecule has 1 heterocycles. The van der Waals surface area contributed by atoms with E-state index in [0.29, 0.717) is 0 Å². The number of fused-ring (bicyclic) bond motifs is 3. The van der Waals surface area contributed by atoms with Gasteiger partial charge in [-0.2, -0.15) is 0 Å². The van der Waals surface area contributed by atoms with E-state index in [2.05, 4.69) is 302 Å². The van der Waals surface area contributed by atoms with Crippen molar-refractivity contribution in [3.63, 3.8) is 0 Å². The van der Waals surface area contributed by atoms with Crippen LogP contribution in [0.2, 0.25) is 0 Å². The van der Waals surface area contributed by atoms with Gasteiger partial charge in [0.25, 0.3) is 0 Å². The molecule has 0 aliphatic carbocycles. The van der Waals surface area contributed by atoms with Gasteiger partial charge < -0.3 is 14.7 Å². The lowest BCUT2D eigenvalue weighted by Crippen LogP contribution is -2.16. The highest BCUT2D eigenvalue weighted by Crippen LogP contribution is 2.47. The van der Waals surface area contributed by atoms with E-state index >= 15 is 0 Å². The number of para-hydroxylation sites is 2. The Balaban J connectivity index is 1.04. The number of benzene rings is 11. The minimum absolute atomic E-state index is 1.02. The third-order valence-corrected chi connectivity index (χ3v) is 14.6. The SMILES string of the molecule is Cc1cccc(N(c2ccccc2)c2cc(N(c3ccc(-c4ccccc4)cc3)c3ccc(-c4ccc5sc6ccc(-c7ccccc7)cc6c5c4)cc3)cc(N(c3ccccc3)c3cccc(C)c3)c2)c1. The molecule has 0 spiro atoms. The second-order valence-electron chi connectivity index (χ2n) is 18.4. The zero-order chi connectivity index (χ0) is 48.4. The van der Waals surface area contributed by atoms with E-state index in [9.17, 15) is 0 Å². The summed E-state index contributed by atoms with van der Waals surface area (Å²) >= 11 is 1.86. The van der Waals surface area contributed by atoms with Crippen LogP contribution in [0.15, 0.2) is 273 Å². The molecule has 0 fully saturated rings. The first-order valence-electron chi connectivity index (χ1n) is 24.6. The standard InChI is InChI=1S/C68H51N3S/c1-48-17-15-27-60(41-48)70(56-23-11-5-12-24-56)63-45-62(46-64(47-63)71(57-25-13-6-14-26-57)61-28-16-18-49(2)42-61)69(58-35-29-52(30-36-58)50-19-7-3-8-20-50)59-37-31-53(32-38-59)55-34-40-68-66(44-55)65-43-54(33-39-67(65)72-68)51-21-9-4-10-22-51/h3-47H,1-2H3. The van der Waals surface area contributed by atoms with Gasteiger partial charge in [0, 0.05) is 54.3 Å². The maximum atomic E-state index is 2.41. The number of hydrogen-bond acceptors (Lipinski definition) is 4. The molecule has 0 saturated carbocycles. The summed E-state index contributed by atoms with van der Waals surface area (Å²) < 4.78 is 2.59. The molecule has 0 amide bonds. The lowest BCUT2D eigenvalue weighted by atomic mass is 10.00. The van der Waals surface area contributed by atoms with Crippen LogP contribution in [0.3, 0.4) is 0 Å². The molecule has 0 N–H and O–H groups in total. The van der Waals surface area contributed by atoms with Crippen LogP contribution in [-0.2, 0) is 0 Å². The van der Waals surface area contributed by atoms with Crippen molar-refractivity contribution in [2.24, 2.45) is 0 Å². The molecule has 0 aliphatic rings. The molecule has 12 rings (SSSR count). The first-order valence-corrected chi connectivity index (χ1v) is 25.4. The molecule has 0 aliphatic heterocycles. The molecule has 1 aromatic heterocycles. The molecule has 11 aromatic carbocycles. The first-order chi connectivity index (χ1) is 35.5. The molecular formula is C68H51N3S. The van der Waals surface area contributed by atoms with E-state index in [4.69, 9.17) is 0 Å². The van der Waals surface area contributed by atoms with Crippen molar-refractivity contribution < 1.29 is 0 Å². The number of hydrogen-bond donors (Lipinski definition) is 0. The molecular weight excluding hydrogens is 891 g/mol. The summed E-state index contributed by atoms with van der Waals surface area (Å²) in [6.07, 6.45) is 0. The lowest BCUT2D eigenvalue weighted by molar-refractivity contribution is 1.22. The van der Waals surface area contributed by atoms with E-state index in [-0.39, 0.29) is 0 Å². The fraction of sp³-hybridized carbons (Fsp3) is 0.0294. The van der Waals surface area contributed by atoms with E-state index in [0.717, 1.165) is 56.7 Å². The summed E-state index contributed by atoms with van der Waals surface area (Å²) in [4.78, 5) is 7.17. The van der Waals surface area contributed by atoms with Gasteiger partial charge in [-0.3, -0.25) is 0 Å². The first kappa shape index (κ1) is 44.3. The number of aryl methyl sites for hydroxylation is 2. The fourth-order valence-corrected chi connectivity index (χ4v) is 11.1. The van der Waals surface area contributed by atoms with Crippen LogP contribution < -0.4 is 14.7 Å². The molecule has 0 radical (unpaired) electrons. The van der Waals surface area contributed by atoms with Crippen LogP contribution >= 0.6 is 11.3 Å². The summed E-state index contributed by atoms with van der Waals surface area (Å²) in [5, 5.41) is 2.58. The Morgan fingerprint density at radius 2 is 0.528 bits per heavy atom. The largest absolute Gasteiger partial charge is 0.310 e. The smallest absolute Gasteiger partial charge is 0.0503 e. The van der Waals surface area contributed by atoms with Crippen LogP contribution in [0.5, 0.6) is 0 Å². The third kappa shape index (κ3) is 8.92. The molecule has 3 nitrogen and oxygen atoms in total. The van der Waals surface area contributed by atoms with Gasteiger partial charge in [-0.25, -0.2) is 0 Å². The van der Waals surface area contributed by atoms with Crippen molar-refractivity contribution in [2.75, 3.05) is 14.7 Å². The van der Waals surface area contributed by atoms with Crippen molar-refractivity contribution in [3.8, 4) is 33.4 Å². The summed E-state index contributed by atoms with van der Waals surface area (Å²) in [6, 6.07) is 99.3. The molecule has 72 heavy (non-hydrogen) atoms. The zero-order valence-corrected chi connectivity index (χ0v) is 41.0. The van der Waals surface area contributed by atoms with Gasteiger partial charge in [-0.1, -0.05) is 158 Å². The van der Waals surface area contributed by atoms with Gasteiger partial charge in [0.1, 0.15) is 0 Å². The second kappa shape index (κ2) is 19.4. The van der Waals surface area contributed by atoms with Gasteiger partial charge in [-0.15, -0.1) is 11.3 Å². The molecule has 4 heteroatoms. The zero-order valence-electron chi connectivity index (χ0n) is 40.2. The Bertz CT molecular complexity index is 3710. The minimum atomic E-state index is 1.02. The number of anilines is 9. The Hall–Kier alpha value is -8.96. The van der Waals surface area contributed by atoms with Crippen LogP contribution in [0, 0.1) is 13.8 Å². The highest BCUT2D eigenvalue weighted by atomic mass is 32.1. The highest BCUT2D eigenvalue weighted by molar-refractivity contribution is 7.25. The topological polar surface area (TPSA) is 9.72 Å².